The number of aromatic nitrogens is 1. The summed E-state index contributed by atoms with van der Waals surface area (Å²) >= 11 is 6.10. The van der Waals surface area contributed by atoms with Crippen LogP contribution in [0, 0.1) is 13.8 Å². The molecule has 18 heavy (non-hydrogen) atoms. The summed E-state index contributed by atoms with van der Waals surface area (Å²) < 4.78 is 40.7. The van der Waals surface area contributed by atoms with Crippen LogP contribution < -0.4 is 4.74 Å². The van der Waals surface area contributed by atoms with Crippen molar-refractivity contribution in [2.24, 2.45) is 0 Å². The molecule has 1 heterocycles. The molecule has 0 saturated carbocycles. The van der Waals surface area contributed by atoms with Gasteiger partial charge < -0.3 is 4.74 Å². The molecule has 1 aromatic carbocycles. The maximum absolute atomic E-state index is 12.3. The van der Waals surface area contributed by atoms with E-state index >= 15 is 0 Å². The number of alkyl halides is 3. The molecule has 0 unspecified atom stereocenters. The molecule has 0 aliphatic rings. The first kappa shape index (κ1) is 13.0. The Morgan fingerprint density at radius 3 is 2.50 bits per heavy atom. The smallest absolute Gasteiger partial charge is 0.403 e. The fourth-order valence-electron chi connectivity index (χ4n) is 1.63. The molecule has 0 aliphatic heterocycles. The van der Waals surface area contributed by atoms with E-state index in [0.29, 0.717) is 16.1 Å². The van der Waals surface area contributed by atoms with Crippen LogP contribution in [-0.4, -0.2) is 11.3 Å². The van der Waals surface area contributed by atoms with Gasteiger partial charge in [-0.25, -0.2) is 4.98 Å². The van der Waals surface area contributed by atoms with Crippen molar-refractivity contribution < 1.29 is 17.9 Å². The minimum atomic E-state index is -4.75. The van der Waals surface area contributed by atoms with Crippen LogP contribution in [0.15, 0.2) is 18.2 Å². The number of hydrogen-bond acceptors (Lipinski definition) is 2. The van der Waals surface area contributed by atoms with Crippen molar-refractivity contribution in [1.82, 2.24) is 4.98 Å². The predicted octanol–water partition coefficient (Wildman–Crippen LogP) is 4.40. The Morgan fingerprint density at radius 2 is 1.89 bits per heavy atom. The zero-order valence-electron chi connectivity index (χ0n) is 9.60. The largest absolute Gasteiger partial charge is 0.573 e. The summed E-state index contributed by atoms with van der Waals surface area (Å²) in [6.07, 6.45) is -4.75. The highest BCUT2D eigenvalue weighted by atomic mass is 35.5. The van der Waals surface area contributed by atoms with Gasteiger partial charge in [-0.05, 0) is 25.5 Å². The molecule has 2 rings (SSSR count). The van der Waals surface area contributed by atoms with E-state index in [1.807, 2.05) is 0 Å². The lowest BCUT2D eigenvalue weighted by Gasteiger charge is -2.13. The summed E-state index contributed by atoms with van der Waals surface area (Å²) in [6, 6.07) is 4.28. The number of ether oxygens (including phenoxy) is 1. The molecule has 0 aliphatic carbocycles. The molecule has 2 aromatic rings. The first-order valence-corrected chi connectivity index (χ1v) is 5.48. The van der Waals surface area contributed by atoms with Gasteiger partial charge in [-0.1, -0.05) is 23.7 Å². The number of hydrogen-bond donors (Lipinski definition) is 0. The summed E-state index contributed by atoms with van der Waals surface area (Å²) in [4.78, 5) is 4.11. The fraction of sp³-hybridized carbons (Fsp3) is 0.250. The summed E-state index contributed by atoms with van der Waals surface area (Å²) in [5.74, 6) is -0.343. The van der Waals surface area contributed by atoms with Gasteiger partial charge in [0.2, 0.25) is 0 Å². The summed E-state index contributed by atoms with van der Waals surface area (Å²) in [5.41, 5.74) is 1.43. The van der Waals surface area contributed by atoms with Gasteiger partial charge >= 0.3 is 6.36 Å². The summed E-state index contributed by atoms with van der Waals surface area (Å²) in [5, 5.41) is 0.839. The van der Waals surface area contributed by atoms with Crippen LogP contribution in [0.4, 0.5) is 13.2 Å². The number of para-hydroxylation sites is 1. The van der Waals surface area contributed by atoms with E-state index in [1.165, 1.54) is 12.1 Å². The number of rotatable bonds is 1. The van der Waals surface area contributed by atoms with Crippen LogP contribution in [-0.2, 0) is 0 Å². The lowest BCUT2D eigenvalue weighted by atomic mass is 10.1. The lowest BCUT2D eigenvalue weighted by Crippen LogP contribution is -2.17. The topological polar surface area (TPSA) is 22.1 Å². The minimum absolute atomic E-state index is 0.114. The molecule has 0 saturated heterocycles. The molecule has 0 spiro atoms. The first-order valence-electron chi connectivity index (χ1n) is 5.11. The van der Waals surface area contributed by atoms with Crippen LogP contribution in [0.1, 0.15) is 11.3 Å². The Morgan fingerprint density at radius 1 is 1.22 bits per heavy atom. The molecule has 6 heteroatoms. The third-order valence-electron chi connectivity index (χ3n) is 2.61. The average molecular weight is 276 g/mol. The van der Waals surface area contributed by atoms with Gasteiger partial charge in [0.1, 0.15) is 5.52 Å². The third kappa shape index (κ3) is 2.36. The maximum Gasteiger partial charge on any atom is 0.573 e. The number of nitrogens with zero attached hydrogens (tertiary/aromatic N) is 1. The summed E-state index contributed by atoms with van der Waals surface area (Å²) in [6.45, 7) is 3.45. The average Bonchev–Trinajstić information content (AvgIpc) is 2.25. The minimum Gasteiger partial charge on any atom is -0.403 e. The van der Waals surface area contributed by atoms with Gasteiger partial charge in [-0.3, -0.25) is 0 Å². The van der Waals surface area contributed by atoms with Crippen LogP contribution in [0.5, 0.6) is 5.75 Å². The molecule has 96 valence electrons. The standard InChI is InChI=1S/C12H9ClF3NO/c1-6-7(2)17-11-8(10(6)13)4-3-5-9(11)18-12(14,15)16/h3-5H,1-2H3. The molecule has 1 aromatic heterocycles. The molecule has 0 fully saturated rings. The van der Waals surface area contributed by atoms with Gasteiger partial charge in [0, 0.05) is 11.1 Å². The molecule has 2 nitrogen and oxygen atoms in total. The molecular weight excluding hydrogens is 267 g/mol. The molecule has 0 atom stereocenters. The van der Waals surface area contributed by atoms with Gasteiger partial charge in [0.05, 0.1) is 5.02 Å². The number of benzene rings is 1. The number of aryl methyl sites for hydroxylation is 1. The second kappa shape index (κ2) is 4.31. The second-order valence-corrected chi connectivity index (χ2v) is 4.21. The van der Waals surface area contributed by atoms with Crippen molar-refractivity contribution in [2.45, 2.75) is 20.2 Å². The summed E-state index contributed by atoms with van der Waals surface area (Å²) in [7, 11) is 0. The predicted molar refractivity (Wildman–Crippen MR) is 62.9 cm³/mol. The van der Waals surface area contributed by atoms with Crippen LogP contribution >= 0.6 is 11.6 Å². The molecule has 0 bridgehead atoms. The van der Waals surface area contributed by atoms with Crippen molar-refractivity contribution >= 4 is 22.5 Å². The number of halogens is 4. The normalized spacial score (nSPS) is 11.9. The Balaban J connectivity index is 2.70. The highest BCUT2D eigenvalue weighted by Crippen LogP contribution is 2.34. The molecular formula is C12H9ClF3NO. The zero-order chi connectivity index (χ0) is 13.5. The molecule has 0 radical (unpaired) electrons. The quantitative estimate of drug-likeness (QED) is 0.769. The fourth-order valence-corrected chi connectivity index (χ4v) is 1.92. The molecule has 0 N–H and O–H groups in total. The van der Waals surface area contributed by atoms with Gasteiger partial charge in [-0.2, -0.15) is 0 Å². The number of fused-ring (bicyclic) bond motifs is 1. The lowest BCUT2D eigenvalue weighted by molar-refractivity contribution is -0.274. The van der Waals surface area contributed by atoms with Crippen LogP contribution in [0.25, 0.3) is 10.9 Å². The Labute approximate surface area is 106 Å². The maximum atomic E-state index is 12.3. The van der Waals surface area contributed by atoms with Crippen molar-refractivity contribution in [1.29, 1.82) is 0 Å². The highest BCUT2D eigenvalue weighted by molar-refractivity contribution is 6.36. The Bertz CT molecular complexity index is 610. The Hall–Kier alpha value is -1.49. The first-order chi connectivity index (χ1) is 8.29. The van der Waals surface area contributed by atoms with E-state index in [4.69, 9.17) is 11.6 Å². The van der Waals surface area contributed by atoms with E-state index in [0.717, 1.165) is 5.56 Å². The van der Waals surface area contributed by atoms with E-state index in [-0.39, 0.29) is 11.3 Å². The molecule has 0 amide bonds. The zero-order valence-corrected chi connectivity index (χ0v) is 10.4. The van der Waals surface area contributed by atoms with Crippen molar-refractivity contribution in [3.8, 4) is 5.75 Å². The highest BCUT2D eigenvalue weighted by Gasteiger charge is 2.32. The second-order valence-electron chi connectivity index (χ2n) is 3.84. The third-order valence-corrected chi connectivity index (χ3v) is 3.10. The van der Waals surface area contributed by atoms with E-state index < -0.39 is 6.36 Å². The van der Waals surface area contributed by atoms with Crippen molar-refractivity contribution in [2.75, 3.05) is 0 Å². The van der Waals surface area contributed by atoms with Gasteiger partial charge in [0.25, 0.3) is 0 Å². The van der Waals surface area contributed by atoms with Crippen molar-refractivity contribution in [3.05, 3.63) is 34.5 Å². The van der Waals surface area contributed by atoms with Gasteiger partial charge in [0.15, 0.2) is 5.75 Å². The number of pyridine rings is 1. The van der Waals surface area contributed by atoms with Gasteiger partial charge in [-0.15, -0.1) is 13.2 Å². The SMILES string of the molecule is Cc1nc2c(OC(F)(F)F)cccc2c(Cl)c1C. The monoisotopic (exact) mass is 275 g/mol. The van der Waals surface area contributed by atoms with Crippen LogP contribution in [0.3, 0.4) is 0 Å². The van der Waals surface area contributed by atoms with E-state index in [2.05, 4.69) is 9.72 Å². The van der Waals surface area contributed by atoms with E-state index in [9.17, 15) is 13.2 Å². The Kier molecular flexibility index (Phi) is 3.11. The van der Waals surface area contributed by atoms with Crippen LogP contribution in [0.2, 0.25) is 5.02 Å². The van der Waals surface area contributed by atoms with E-state index in [1.54, 1.807) is 19.9 Å². The van der Waals surface area contributed by atoms with Crippen molar-refractivity contribution in [3.63, 3.8) is 0 Å².